The molecule has 112 valence electrons. The molecule has 0 bridgehead atoms. The van der Waals surface area contributed by atoms with Crippen molar-refractivity contribution < 1.29 is 4.79 Å². The van der Waals surface area contributed by atoms with Gasteiger partial charge in [0.25, 0.3) is 5.91 Å². The molecule has 3 rings (SSSR count). The Balaban J connectivity index is 1.86. The fourth-order valence-corrected chi connectivity index (χ4v) is 2.35. The fraction of sp³-hybridized carbons (Fsp3) is 0.222. The molecule has 3 aromatic rings. The van der Waals surface area contributed by atoms with Gasteiger partial charge in [-0.1, -0.05) is 43.7 Å². The van der Waals surface area contributed by atoms with Crippen LogP contribution in [0, 0.1) is 0 Å². The van der Waals surface area contributed by atoms with E-state index < -0.39 is 0 Å². The number of nitrogens with one attached hydrogen (secondary N) is 1. The molecule has 4 heteroatoms. The highest BCUT2D eigenvalue weighted by Gasteiger charge is 2.08. The van der Waals surface area contributed by atoms with E-state index in [1.165, 1.54) is 0 Å². The molecule has 0 aliphatic carbocycles. The summed E-state index contributed by atoms with van der Waals surface area (Å²) in [5.41, 5.74) is 3.40. The van der Waals surface area contributed by atoms with Crippen LogP contribution in [-0.2, 0) is 0 Å². The van der Waals surface area contributed by atoms with E-state index in [4.69, 9.17) is 0 Å². The average Bonchev–Trinajstić information content (AvgIpc) is 2.99. The van der Waals surface area contributed by atoms with E-state index in [0.717, 1.165) is 29.7 Å². The van der Waals surface area contributed by atoms with Crippen LogP contribution in [-0.4, -0.2) is 21.8 Å². The molecule has 0 fully saturated rings. The molecule has 1 amide bonds. The van der Waals surface area contributed by atoms with Crippen LogP contribution in [0.1, 0.15) is 30.1 Å². The lowest BCUT2D eigenvalue weighted by Gasteiger charge is -2.04. The first-order chi connectivity index (χ1) is 10.8. The van der Waals surface area contributed by atoms with Crippen molar-refractivity contribution >= 4 is 11.6 Å². The lowest BCUT2D eigenvalue weighted by atomic mass is 10.2. The molecule has 0 atom stereocenters. The van der Waals surface area contributed by atoms with Crippen LogP contribution in [0.5, 0.6) is 0 Å². The highest BCUT2D eigenvalue weighted by molar-refractivity contribution is 5.95. The first-order valence-electron chi connectivity index (χ1n) is 7.60. The molecule has 2 heterocycles. The first-order valence-corrected chi connectivity index (χ1v) is 7.60. The summed E-state index contributed by atoms with van der Waals surface area (Å²) >= 11 is 0. The minimum absolute atomic E-state index is 0.0415. The summed E-state index contributed by atoms with van der Waals surface area (Å²) in [6.45, 7) is 2.82. The lowest BCUT2D eigenvalue weighted by molar-refractivity contribution is 0.0953. The Hall–Kier alpha value is -2.62. The van der Waals surface area contributed by atoms with Crippen LogP contribution >= 0.6 is 0 Å². The highest BCUT2D eigenvalue weighted by Crippen LogP contribution is 2.19. The third kappa shape index (κ3) is 3.01. The van der Waals surface area contributed by atoms with Crippen molar-refractivity contribution in [2.24, 2.45) is 0 Å². The topological polar surface area (TPSA) is 46.4 Å². The number of hydrogen-bond acceptors (Lipinski definition) is 2. The smallest absolute Gasteiger partial charge is 0.251 e. The summed E-state index contributed by atoms with van der Waals surface area (Å²) in [6, 6.07) is 13.7. The second kappa shape index (κ2) is 6.43. The summed E-state index contributed by atoms with van der Waals surface area (Å²) in [5.74, 6) is -0.0415. The lowest BCUT2D eigenvalue weighted by Crippen LogP contribution is -2.24. The zero-order chi connectivity index (χ0) is 15.4. The molecular weight excluding hydrogens is 274 g/mol. The van der Waals surface area contributed by atoms with Crippen LogP contribution in [0.15, 0.2) is 54.9 Å². The third-order valence-corrected chi connectivity index (χ3v) is 3.61. The largest absolute Gasteiger partial charge is 0.352 e. The van der Waals surface area contributed by atoms with Crippen molar-refractivity contribution in [1.29, 1.82) is 0 Å². The zero-order valence-electron chi connectivity index (χ0n) is 12.6. The number of imidazole rings is 1. The maximum absolute atomic E-state index is 12.1. The van der Waals surface area contributed by atoms with Crippen molar-refractivity contribution in [1.82, 2.24) is 14.7 Å². The van der Waals surface area contributed by atoms with Gasteiger partial charge in [-0.25, -0.2) is 4.98 Å². The predicted octanol–water partition coefficient (Wildman–Crippen LogP) is 3.53. The van der Waals surface area contributed by atoms with E-state index >= 15 is 0 Å². The second-order valence-corrected chi connectivity index (χ2v) is 5.28. The Bertz CT molecular complexity index is 777. The van der Waals surface area contributed by atoms with Gasteiger partial charge in [0.1, 0.15) is 5.65 Å². The minimum atomic E-state index is -0.0415. The van der Waals surface area contributed by atoms with Gasteiger partial charge in [0, 0.05) is 30.1 Å². The van der Waals surface area contributed by atoms with Crippen molar-refractivity contribution in [3.05, 3.63) is 60.4 Å². The molecule has 22 heavy (non-hydrogen) atoms. The Kier molecular flexibility index (Phi) is 4.19. The summed E-state index contributed by atoms with van der Waals surface area (Å²) in [5, 5.41) is 2.93. The van der Waals surface area contributed by atoms with Crippen LogP contribution in [0.25, 0.3) is 16.9 Å². The van der Waals surface area contributed by atoms with Crippen LogP contribution in [0.3, 0.4) is 0 Å². The molecule has 1 aromatic carbocycles. The molecule has 0 spiro atoms. The normalized spacial score (nSPS) is 10.8. The van der Waals surface area contributed by atoms with E-state index in [0.29, 0.717) is 12.1 Å². The number of benzene rings is 1. The van der Waals surface area contributed by atoms with Crippen molar-refractivity contribution in [2.45, 2.75) is 19.8 Å². The molecule has 4 nitrogen and oxygen atoms in total. The van der Waals surface area contributed by atoms with Crippen molar-refractivity contribution in [2.75, 3.05) is 6.54 Å². The van der Waals surface area contributed by atoms with Crippen LogP contribution < -0.4 is 5.32 Å². The van der Waals surface area contributed by atoms with Gasteiger partial charge >= 0.3 is 0 Å². The summed E-state index contributed by atoms with van der Waals surface area (Å²) in [7, 11) is 0. The maximum Gasteiger partial charge on any atom is 0.251 e. The van der Waals surface area contributed by atoms with Crippen molar-refractivity contribution in [3.63, 3.8) is 0 Å². The second-order valence-electron chi connectivity index (χ2n) is 5.28. The molecule has 0 unspecified atom stereocenters. The highest BCUT2D eigenvalue weighted by atomic mass is 16.1. The SMILES string of the molecule is CCCCNC(=O)c1ccn2cc(-c3ccccc3)nc2c1. The van der Waals surface area contributed by atoms with Gasteiger partial charge in [-0.3, -0.25) is 4.79 Å². The predicted molar refractivity (Wildman–Crippen MR) is 87.9 cm³/mol. The molecule has 0 aliphatic rings. The Labute approximate surface area is 129 Å². The summed E-state index contributed by atoms with van der Waals surface area (Å²) in [4.78, 5) is 16.7. The van der Waals surface area contributed by atoms with Crippen LogP contribution in [0.4, 0.5) is 0 Å². The number of amides is 1. The Morgan fingerprint density at radius 1 is 1.23 bits per heavy atom. The van der Waals surface area contributed by atoms with E-state index in [2.05, 4.69) is 17.2 Å². The Morgan fingerprint density at radius 2 is 2.05 bits per heavy atom. The molecule has 0 saturated heterocycles. The quantitative estimate of drug-likeness (QED) is 0.731. The van der Waals surface area contributed by atoms with Gasteiger partial charge < -0.3 is 9.72 Å². The van der Waals surface area contributed by atoms with E-state index in [-0.39, 0.29) is 5.91 Å². The average molecular weight is 293 g/mol. The van der Waals surface area contributed by atoms with E-state index in [9.17, 15) is 4.79 Å². The number of carbonyl (C=O) groups excluding carboxylic acids is 1. The minimum Gasteiger partial charge on any atom is -0.352 e. The molecule has 0 saturated carbocycles. The maximum atomic E-state index is 12.1. The van der Waals surface area contributed by atoms with Gasteiger partial charge in [0.2, 0.25) is 0 Å². The standard InChI is InChI=1S/C18H19N3O/c1-2-3-10-19-18(22)15-9-11-21-13-16(20-17(21)12-15)14-7-5-4-6-8-14/h4-9,11-13H,2-3,10H2,1H3,(H,19,22). The number of hydrogen-bond donors (Lipinski definition) is 1. The fourth-order valence-electron chi connectivity index (χ4n) is 2.35. The van der Waals surface area contributed by atoms with Gasteiger partial charge in [-0.15, -0.1) is 0 Å². The summed E-state index contributed by atoms with van der Waals surface area (Å²) < 4.78 is 1.94. The van der Waals surface area contributed by atoms with Crippen LogP contribution in [0.2, 0.25) is 0 Å². The monoisotopic (exact) mass is 293 g/mol. The number of aromatic nitrogens is 2. The molecule has 1 N–H and O–H groups in total. The number of fused-ring (bicyclic) bond motifs is 1. The summed E-state index contributed by atoms with van der Waals surface area (Å²) in [6.07, 6.45) is 5.92. The molecule has 0 aliphatic heterocycles. The third-order valence-electron chi connectivity index (χ3n) is 3.61. The van der Waals surface area contributed by atoms with Gasteiger partial charge in [0.15, 0.2) is 0 Å². The zero-order valence-corrected chi connectivity index (χ0v) is 12.6. The number of nitrogens with zero attached hydrogens (tertiary/aromatic N) is 2. The van der Waals surface area contributed by atoms with E-state index in [1.54, 1.807) is 0 Å². The number of unbranched alkanes of at least 4 members (excludes halogenated alkanes) is 1. The van der Waals surface area contributed by atoms with Crippen molar-refractivity contribution in [3.8, 4) is 11.3 Å². The van der Waals surface area contributed by atoms with Gasteiger partial charge in [0.05, 0.1) is 5.69 Å². The van der Waals surface area contributed by atoms with Gasteiger partial charge in [-0.05, 0) is 18.6 Å². The van der Waals surface area contributed by atoms with Gasteiger partial charge in [-0.2, -0.15) is 0 Å². The Morgan fingerprint density at radius 3 is 2.82 bits per heavy atom. The molecule has 2 aromatic heterocycles. The molecule has 0 radical (unpaired) electrons. The number of rotatable bonds is 5. The first kappa shape index (κ1) is 14.3. The number of carbonyl (C=O) groups is 1. The number of pyridine rings is 1. The van der Waals surface area contributed by atoms with E-state index in [1.807, 2.05) is 59.3 Å². The molecular formula is C18H19N3O.